The first-order valence-electron chi connectivity index (χ1n) is 9.01. The molecule has 1 unspecified atom stereocenters. The summed E-state index contributed by atoms with van der Waals surface area (Å²) in [5, 5.41) is 1.73. The summed E-state index contributed by atoms with van der Waals surface area (Å²) in [7, 11) is 2.04. The molecule has 1 amide bonds. The summed E-state index contributed by atoms with van der Waals surface area (Å²) in [6.45, 7) is 2.53. The molecule has 2 fully saturated rings. The van der Waals surface area contributed by atoms with E-state index in [2.05, 4.69) is 4.90 Å². The molecule has 1 saturated heterocycles. The normalized spacial score (nSPS) is 23.2. The first kappa shape index (κ1) is 18.6. The fourth-order valence-electron chi connectivity index (χ4n) is 3.64. The standard InChI is InChI=1S/C19H26ClN3OS/c1-14(24)23(17-10-8-16(20)9-11-17)18-13-25-19(22(18)2)21-12-15-6-4-3-5-7-15/h8-11,15,18H,3-7,12-13H2,1-2H3. The number of halogens is 1. The van der Waals surface area contributed by atoms with E-state index in [1.165, 1.54) is 32.1 Å². The van der Waals surface area contributed by atoms with Gasteiger partial charge in [0.1, 0.15) is 6.17 Å². The fraction of sp³-hybridized carbons (Fsp3) is 0.579. The zero-order valence-electron chi connectivity index (χ0n) is 14.9. The molecule has 0 bridgehead atoms. The first-order chi connectivity index (χ1) is 12.1. The van der Waals surface area contributed by atoms with Crippen molar-refractivity contribution < 1.29 is 4.79 Å². The summed E-state index contributed by atoms with van der Waals surface area (Å²) < 4.78 is 0. The monoisotopic (exact) mass is 379 g/mol. The number of rotatable bonds is 4. The van der Waals surface area contributed by atoms with Crippen molar-refractivity contribution >= 4 is 40.1 Å². The van der Waals surface area contributed by atoms with E-state index in [4.69, 9.17) is 16.6 Å². The molecule has 25 heavy (non-hydrogen) atoms. The van der Waals surface area contributed by atoms with Gasteiger partial charge in [0, 0.05) is 37.0 Å². The maximum atomic E-state index is 12.3. The second kappa shape index (κ2) is 8.45. The van der Waals surface area contributed by atoms with Gasteiger partial charge in [-0.05, 0) is 43.0 Å². The van der Waals surface area contributed by atoms with Crippen molar-refractivity contribution in [3.05, 3.63) is 29.3 Å². The number of aliphatic imine (C=N–C) groups is 1. The molecule has 0 spiro atoms. The lowest BCUT2D eigenvalue weighted by Crippen LogP contribution is -2.48. The molecule has 0 aromatic heterocycles. The molecule has 0 radical (unpaired) electrons. The van der Waals surface area contributed by atoms with E-state index in [1.54, 1.807) is 18.7 Å². The highest BCUT2D eigenvalue weighted by atomic mass is 35.5. The van der Waals surface area contributed by atoms with Gasteiger partial charge in [-0.3, -0.25) is 14.7 Å². The molecule has 4 nitrogen and oxygen atoms in total. The third-order valence-corrected chi connectivity index (χ3v) is 6.45. The molecule has 1 aromatic rings. The summed E-state index contributed by atoms with van der Waals surface area (Å²) in [4.78, 5) is 21.1. The van der Waals surface area contributed by atoms with Gasteiger partial charge in [0.05, 0.1) is 0 Å². The average molecular weight is 380 g/mol. The van der Waals surface area contributed by atoms with Crippen molar-refractivity contribution in [2.45, 2.75) is 45.2 Å². The van der Waals surface area contributed by atoms with Gasteiger partial charge in [0.15, 0.2) is 5.17 Å². The topological polar surface area (TPSA) is 35.9 Å². The number of amidine groups is 1. The molecule has 0 N–H and O–H groups in total. The van der Waals surface area contributed by atoms with Crippen LogP contribution in [0.25, 0.3) is 0 Å². The van der Waals surface area contributed by atoms with Crippen molar-refractivity contribution in [3.8, 4) is 0 Å². The Morgan fingerprint density at radius 2 is 1.96 bits per heavy atom. The number of benzene rings is 1. The number of carbonyl (C=O) groups is 1. The minimum Gasteiger partial charge on any atom is -0.333 e. The van der Waals surface area contributed by atoms with E-state index in [-0.39, 0.29) is 12.1 Å². The lowest BCUT2D eigenvalue weighted by Gasteiger charge is -2.33. The van der Waals surface area contributed by atoms with Crippen molar-refractivity contribution in [2.75, 3.05) is 24.2 Å². The van der Waals surface area contributed by atoms with Crippen LogP contribution in [-0.2, 0) is 4.79 Å². The molecule has 1 saturated carbocycles. The first-order valence-corrected chi connectivity index (χ1v) is 10.4. The number of thioether (sulfide) groups is 1. The number of amides is 1. The maximum absolute atomic E-state index is 12.3. The van der Waals surface area contributed by atoms with Crippen LogP contribution in [0.4, 0.5) is 5.69 Å². The van der Waals surface area contributed by atoms with Crippen molar-refractivity contribution in [2.24, 2.45) is 10.9 Å². The molecular formula is C19H26ClN3OS. The zero-order valence-corrected chi connectivity index (χ0v) is 16.5. The van der Waals surface area contributed by atoms with Gasteiger partial charge < -0.3 is 4.90 Å². The Balaban J connectivity index is 1.71. The van der Waals surface area contributed by atoms with Crippen LogP contribution in [0, 0.1) is 5.92 Å². The SMILES string of the molecule is CC(=O)N(c1ccc(Cl)cc1)C1CSC(=NCC2CCCCC2)N1C. The van der Waals surface area contributed by atoms with E-state index < -0.39 is 0 Å². The minimum atomic E-state index is -0.00576. The highest BCUT2D eigenvalue weighted by Crippen LogP contribution is 2.31. The van der Waals surface area contributed by atoms with Gasteiger partial charge in [0.25, 0.3) is 0 Å². The lowest BCUT2D eigenvalue weighted by atomic mass is 9.89. The Kier molecular flexibility index (Phi) is 6.29. The van der Waals surface area contributed by atoms with Crippen LogP contribution in [0.15, 0.2) is 29.3 Å². The Morgan fingerprint density at radius 3 is 2.60 bits per heavy atom. The van der Waals surface area contributed by atoms with Gasteiger partial charge in [-0.2, -0.15) is 0 Å². The van der Waals surface area contributed by atoms with Gasteiger partial charge in [-0.15, -0.1) is 0 Å². The van der Waals surface area contributed by atoms with E-state index >= 15 is 0 Å². The van der Waals surface area contributed by atoms with Crippen molar-refractivity contribution in [3.63, 3.8) is 0 Å². The molecule has 2 aliphatic rings. The molecule has 3 rings (SSSR count). The minimum absolute atomic E-state index is 0.00576. The predicted molar refractivity (Wildman–Crippen MR) is 107 cm³/mol. The molecule has 1 aliphatic heterocycles. The Hall–Kier alpha value is -1.20. The number of hydrogen-bond donors (Lipinski definition) is 0. The second-order valence-electron chi connectivity index (χ2n) is 6.90. The Labute approximate surface area is 159 Å². The molecule has 1 atom stereocenters. The van der Waals surface area contributed by atoms with Crippen LogP contribution in [-0.4, -0.2) is 41.5 Å². The van der Waals surface area contributed by atoms with Crippen LogP contribution in [0.5, 0.6) is 0 Å². The predicted octanol–water partition coefficient (Wildman–Crippen LogP) is 4.63. The second-order valence-corrected chi connectivity index (χ2v) is 8.32. The highest BCUT2D eigenvalue weighted by Gasteiger charge is 2.34. The van der Waals surface area contributed by atoms with Crippen LogP contribution >= 0.6 is 23.4 Å². The lowest BCUT2D eigenvalue weighted by molar-refractivity contribution is -0.117. The molecule has 1 aliphatic carbocycles. The van der Waals surface area contributed by atoms with E-state index in [9.17, 15) is 4.79 Å². The number of anilines is 1. The Bertz CT molecular complexity index is 628. The smallest absolute Gasteiger partial charge is 0.225 e. The maximum Gasteiger partial charge on any atom is 0.225 e. The van der Waals surface area contributed by atoms with Crippen LogP contribution < -0.4 is 4.90 Å². The van der Waals surface area contributed by atoms with E-state index in [0.717, 1.165) is 29.1 Å². The van der Waals surface area contributed by atoms with Crippen molar-refractivity contribution in [1.29, 1.82) is 0 Å². The number of hydrogen-bond acceptors (Lipinski definition) is 3. The third kappa shape index (κ3) is 4.50. The quantitative estimate of drug-likeness (QED) is 0.764. The molecular weight excluding hydrogens is 354 g/mol. The fourth-order valence-corrected chi connectivity index (χ4v) is 4.93. The van der Waals surface area contributed by atoms with Gasteiger partial charge >= 0.3 is 0 Å². The summed E-state index contributed by atoms with van der Waals surface area (Å²) >= 11 is 7.73. The van der Waals surface area contributed by atoms with Crippen LogP contribution in [0.1, 0.15) is 39.0 Å². The third-order valence-electron chi connectivity index (χ3n) is 5.06. The highest BCUT2D eigenvalue weighted by molar-refractivity contribution is 8.14. The summed E-state index contributed by atoms with van der Waals surface area (Å²) in [5.74, 6) is 1.60. The largest absolute Gasteiger partial charge is 0.333 e. The Morgan fingerprint density at radius 1 is 1.28 bits per heavy atom. The van der Waals surface area contributed by atoms with E-state index in [1.807, 2.05) is 36.2 Å². The van der Waals surface area contributed by atoms with Gasteiger partial charge in [0.2, 0.25) is 5.91 Å². The van der Waals surface area contributed by atoms with Crippen LogP contribution in [0.3, 0.4) is 0 Å². The summed E-state index contributed by atoms with van der Waals surface area (Å²) in [6.07, 6.45) is 6.66. The van der Waals surface area contributed by atoms with Crippen molar-refractivity contribution in [1.82, 2.24) is 4.90 Å². The van der Waals surface area contributed by atoms with Gasteiger partial charge in [-0.25, -0.2) is 0 Å². The van der Waals surface area contributed by atoms with Crippen LogP contribution in [0.2, 0.25) is 5.02 Å². The summed E-state index contributed by atoms with van der Waals surface area (Å²) in [5.41, 5.74) is 0.878. The average Bonchev–Trinajstić information content (AvgIpc) is 2.96. The number of nitrogens with zero attached hydrogens (tertiary/aromatic N) is 3. The van der Waals surface area contributed by atoms with Gasteiger partial charge in [-0.1, -0.05) is 42.6 Å². The molecule has 6 heteroatoms. The molecule has 1 aromatic carbocycles. The number of carbonyl (C=O) groups excluding carboxylic acids is 1. The van der Waals surface area contributed by atoms with E-state index in [0.29, 0.717) is 5.02 Å². The molecule has 136 valence electrons. The zero-order chi connectivity index (χ0) is 17.8. The molecule has 1 heterocycles. The summed E-state index contributed by atoms with van der Waals surface area (Å²) in [6, 6.07) is 7.46.